The summed E-state index contributed by atoms with van der Waals surface area (Å²) in [5.41, 5.74) is 6.68. The maximum Gasteiger partial charge on any atom is 0.219 e. The van der Waals surface area contributed by atoms with Gasteiger partial charge in [-0.2, -0.15) is 0 Å². The minimum Gasteiger partial charge on any atom is -0.495 e. The van der Waals surface area contributed by atoms with Crippen LogP contribution in [0.3, 0.4) is 0 Å². The number of rotatable bonds is 4. The lowest BCUT2D eigenvalue weighted by molar-refractivity contribution is -0.130. The van der Waals surface area contributed by atoms with E-state index in [-0.39, 0.29) is 5.91 Å². The minimum atomic E-state index is 0.123. The zero-order valence-corrected chi connectivity index (χ0v) is 14.3. The molecule has 0 aromatic heterocycles. The molecule has 1 aromatic carbocycles. The van der Waals surface area contributed by atoms with Crippen molar-refractivity contribution >= 4 is 29.2 Å². The van der Waals surface area contributed by atoms with E-state index in [1.165, 1.54) is 0 Å². The number of nitrogens with two attached hydrogens (primary N) is 1. The molecule has 1 fully saturated rings. The summed E-state index contributed by atoms with van der Waals surface area (Å²) in [5, 5.41) is 3.52. The molecular weight excluding hydrogens is 316 g/mol. The molecule has 1 saturated heterocycles. The van der Waals surface area contributed by atoms with Gasteiger partial charge in [0.05, 0.1) is 12.1 Å². The molecule has 6 nitrogen and oxygen atoms in total. The third kappa shape index (κ3) is 5.03. The number of hydrogen-bond donors (Lipinski definition) is 2. The molecule has 2 rings (SSSR count). The zero-order valence-electron chi connectivity index (χ0n) is 13.5. The molecule has 0 bridgehead atoms. The number of carbonyl (C=O) groups excluding carboxylic acids is 1. The lowest BCUT2D eigenvalue weighted by atomic mass is 9.98. The van der Waals surface area contributed by atoms with Crippen molar-refractivity contribution in [3.05, 3.63) is 23.2 Å². The number of carbonyl (C=O) groups is 1. The number of likely N-dealkylation sites (tertiary alicyclic amines) is 1. The molecule has 1 aliphatic heterocycles. The largest absolute Gasteiger partial charge is 0.495 e. The Balaban J connectivity index is 1.90. The summed E-state index contributed by atoms with van der Waals surface area (Å²) in [4.78, 5) is 17.7. The van der Waals surface area contributed by atoms with E-state index < -0.39 is 0 Å². The first-order valence-electron chi connectivity index (χ1n) is 7.65. The number of nitrogens with one attached hydrogen (secondary N) is 1. The van der Waals surface area contributed by atoms with Crippen LogP contribution in [0.5, 0.6) is 5.75 Å². The predicted molar refractivity (Wildman–Crippen MR) is 93.1 cm³/mol. The molecule has 0 aliphatic carbocycles. The molecule has 126 valence electrons. The van der Waals surface area contributed by atoms with E-state index in [9.17, 15) is 4.79 Å². The van der Waals surface area contributed by atoms with Crippen molar-refractivity contribution in [1.29, 1.82) is 0 Å². The molecule has 0 spiro atoms. The van der Waals surface area contributed by atoms with Crippen LogP contribution in [-0.4, -0.2) is 43.5 Å². The number of guanidine groups is 1. The van der Waals surface area contributed by atoms with E-state index in [4.69, 9.17) is 22.1 Å². The number of nitrogens with zero attached hydrogens (tertiary/aromatic N) is 2. The van der Waals surface area contributed by atoms with Crippen LogP contribution in [0.15, 0.2) is 23.2 Å². The van der Waals surface area contributed by atoms with Crippen LogP contribution in [0, 0.1) is 5.92 Å². The summed E-state index contributed by atoms with van der Waals surface area (Å²) < 4.78 is 5.11. The standard InChI is InChI=1S/C16H23ClN4O2/c1-11(22)21-7-3-4-12(10-21)9-19-16(18)20-13-5-6-15(23-2)14(17)8-13/h5-6,8,12H,3-4,7,9-10H2,1-2H3,(H3,18,19,20). The van der Waals surface area contributed by atoms with E-state index in [0.29, 0.717) is 29.2 Å². The van der Waals surface area contributed by atoms with Crippen molar-refractivity contribution < 1.29 is 9.53 Å². The van der Waals surface area contributed by atoms with Gasteiger partial charge >= 0.3 is 0 Å². The van der Waals surface area contributed by atoms with E-state index >= 15 is 0 Å². The Labute approximate surface area is 141 Å². The molecular formula is C16H23ClN4O2. The Morgan fingerprint density at radius 1 is 1.57 bits per heavy atom. The zero-order chi connectivity index (χ0) is 16.8. The van der Waals surface area contributed by atoms with E-state index in [2.05, 4.69) is 10.3 Å². The van der Waals surface area contributed by atoms with Gasteiger partial charge in [0.25, 0.3) is 0 Å². The predicted octanol–water partition coefficient (Wildman–Crippen LogP) is 2.33. The summed E-state index contributed by atoms with van der Waals surface area (Å²) >= 11 is 6.07. The van der Waals surface area contributed by atoms with Crippen molar-refractivity contribution in [1.82, 2.24) is 4.90 Å². The maximum atomic E-state index is 11.4. The SMILES string of the molecule is COc1ccc(NC(N)=NCC2CCCN(C(C)=O)C2)cc1Cl. The fraction of sp³-hybridized carbons (Fsp3) is 0.500. The average Bonchev–Trinajstić information content (AvgIpc) is 2.53. The number of ether oxygens (including phenoxy) is 1. The van der Waals surface area contributed by atoms with E-state index in [1.807, 2.05) is 11.0 Å². The van der Waals surface area contributed by atoms with Crippen LogP contribution in [0.1, 0.15) is 19.8 Å². The highest BCUT2D eigenvalue weighted by molar-refractivity contribution is 6.32. The Bertz CT molecular complexity index is 591. The molecule has 23 heavy (non-hydrogen) atoms. The monoisotopic (exact) mass is 338 g/mol. The van der Waals surface area contributed by atoms with Gasteiger partial charge in [0.2, 0.25) is 5.91 Å². The lowest BCUT2D eigenvalue weighted by Crippen LogP contribution is -2.39. The number of anilines is 1. The molecule has 7 heteroatoms. The molecule has 1 amide bonds. The number of piperidine rings is 1. The normalized spacial score (nSPS) is 18.7. The molecule has 1 aromatic rings. The summed E-state index contributed by atoms with van der Waals surface area (Å²) in [6.07, 6.45) is 2.08. The first kappa shape index (κ1) is 17.4. The highest BCUT2D eigenvalue weighted by Gasteiger charge is 2.21. The third-order valence-corrected chi connectivity index (χ3v) is 4.20. The number of aliphatic imine (C=N–C) groups is 1. The number of amides is 1. The van der Waals surface area contributed by atoms with Gasteiger partial charge < -0.3 is 20.7 Å². The molecule has 1 unspecified atom stereocenters. The van der Waals surface area contributed by atoms with Gasteiger partial charge in [-0.05, 0) is 37.0 Å². The number of benzene rings is 1. The Kier molecular flexibility index (Phi) is 6.10. The second-order valence-electron chi connectivity index (χ2n) is 5.67. The Hall–Kier alpha value is -1.95. The molecule has 1 aliphatic rings. The van der Waals surface area contributed by atoms with Gasteiger partial charge in [0.15, 0.2) is 5.96 Å². The Morgan fingerprint density at radius 2 is 2.35 bits per heavy atom. The van der Waals surface area contributed by atoms with Crippen LogP contribution in [0.25, 0.3) is 0 Å². The summed E-state index contributed by atoms with van der Waals surface area (Å²) in [6.45, 7) is 3.80. The average molecular weight is 339 g/mol. The molecule has 3 N–H and O–H groups in total. The number of methoxy groups -OCH3 is 1. The quantitative estimate of drug-likeness (QED) is 0.652. The fourth-order valence-corrected chi connectivity index (χ4v) is 2.92. The van der Waals surface area contributed by atoms with Crippen molar-refractivity contribution in [2.24, 2.45) is 16.6 Å². The van der Waals surface area contributed by atoms with Gasteiger partial charge in [0, 0.05) is 32.2 Å². The summed E-state index contributed by atoms with van der Waals surface area (Å²) in [5.74, 6) is 1.43. The molecule has 0 radical (unpaired) electrons. The van der Waals surface area contributed by atoms with Crippen molar-refractivity contribution in [3.8, 4) is 5.75 Å². The van der Waals surface area contributed by atoms with Gasteiger partial charge in [0.1, 0.15) is 5.75 Å². The van der Waals surface area contributed by atoms with Crippen molar-refractivity contribution in [2.45, 2.75) is 19.8 Å². The van der Waals surface area contributed by atoms with Crippen LogP contribution in [-0.2, 0) is 4.79 Å². The van der Waals surface area contributed by atoms with Crippen LogP contribution >= 0.6 is 11.6 Å². The highest BCUT2D eigenvalue weighted by Crippen LogP contribution is 2.27. The van der Waals surface area contributed by atoms with Gasteiger partial charge in [-0.1, -0.05) is 11.6 Å². The van der Waals surface area contributed by atoms with E-state index in [0.717, 1.165) is 31.6 Å². The molecule has 1 heterocycles. The first-order valence-corrected chi connectivity index (χ1v) is 8.03. The van der Waals surface area contributed by atoms with Gasteiger partial charge in [-0.25, -0.2) is 0 Å². The first-order chi connectivity index (χ1) is 11.0. The smallest absolute Gasteiger partial charge is 0.219 e. The maximum absolute atomic E-state index is 11.4. The number of hydrogen-bond acceptors (Lipinski definition) is 3. The van der Waals surface area contributed by atoms with Crippen LogP contribution in [0.2, 0.25) is 5.02 Å². The highest BCUT2D eigenvalue weighted by atomic mass is 35.5. The molecule has 0 saturated carbocycles. The van der Waals surface area contributed by atoms with Gasteiger partial charge in [-0.3, -0.25) is 9.79 Å². The molecule has 1 atom stereocenters. The minimum absolute atomic E-state index is 0.123. The van der Waals surface area contributed by atoms with E-state index in [1.54, 1.807) is 26.2 Å². The topological polar surface area (TPSA) is 80.0 Å². The summed E-state index contributed by atoms with van der Waals surface area (Å²) in [6, 6.07) is 5.33. The van der Waals surface area contributed by atoms with Gasteiger partial charge in [-0.15, -0.1) is 0 Å². The number of halogens is 1. The van der Waals surface area contributed by atoms with Crippen LogP contribution in [0.4, 0.5) is 5.69 Å². The second-order valence-corrected chi connectivity index (χ2v) is 6.08. The van der Waals surface area contributed by atoms with Crippen molar-refractivity contribution in [3.63, 3.8) is 0 Å². The third-order valence-electron chi connectivity index (χ3n) is 3.91. The fourth-order valence-electron chi connectivity index (χ4n) is 2.66. The van der Waals surface area contributed by atoms with Crippen LogP contribution < -0.4 is 15.8 Å². The van der Waals surface area contributed by atoms with Crippen molar-refractivity contribution in [2.75, 3.05) is 32.1 Å². The lowest BCUT2D eigenvalue weighted by Gasteiger charge is -2.31. The Morgan fingerprint density at radius 3 is 3.00 bits per heavy atom. The second kappa shape index (κ2) is 8.06. The summed E-state index contributed by atoms with van der Waals surface area (Å²) in [7, 11) is 1.57.